The largest absolute Gasteiger partial charge is 0.352 e. The Hall–Kier alpha value is -1.96. The molecular weight excluding hydrogens is 346 g/mol. The van der Waals surface area contributed by atoms with Gasteiger partial charge in [-0.2, -0.15) is 0 Å². The molecule has 1 aromatic heterocycles. The number of benzene rings is 1. The number of rotatable bonds is 8. The SMILES string of the molecule is CSc1nnc(CCCNC(=O)c2cc(F)cc(F)c2)n1CC(C)C. The number of carbonyl (C=O) groups excluding carboxylic acids is 1. The molecule has 2 rings (SSSR count). The van der Waals surface area contributed by atoms with Crippen molar-refractivity contribution in [2.24, 2.45) is 5.92 Å². The molecule has 5 nitrogen and oxygen atoms in total. The van der Waals surface area contributed by atoms with Crippen molar-refractivity contribution in [3.8, 4) is 0 Å². The van der Waals surface area contributed by atoms with Gasteiger partial charge in [-0.15, -0.1) is 10.2 Å². The van der Waals surface area contributed by atoms with Crippen LogP contribution >= 0.6 is 11.8 Å². The molecule has 0 atom stereocenters. The second kappa shape index (κ2) is 8.94. The summed E-state index contributed by atoms with van der Waals surface area (Å²) in [4.78, 5) is 11.9. The Kier molecular flexibility index (Phi) is 6.92. The molecule has 1 aromatic carbocycles. The van der Waals surface area contributed by atoms with Crippen molar-refractivity contribution in [2.45, 2.75) is 38.4 Å². The predicted octanol–water partition coefficient (Wildman–Crippen LogP) is 3.30. The molecule has 1 heterocycles. The molecule has 0 aliphatic heterocycles. The molecule has 0 aliphatic carbocycles. The normalized spacial score (nSPS) is 11.1. The van der Waals surface area contributed by atoms with Crippen LogP contribution in [0.15, 0.2) is 23.4 Å². The van der Waals surface area contributed by atoms with Gasteiger partial charge in [-0.05, 0) is 30.7 Å². The fourth-order valence-electron chi connectivity index (χ4n) is 2.44. The summed E-state index contributed by atoms with van der Waals surface area (Å²) in [5.41, 5.74) is -0.0230. The Balaban J connectivity index is 1.89. The third-order valence-electron chi connectivity index (χ3n) is 3.51. The van der Waals surface area contributed by atoms with Gasteiger partial charge in [-0.1, -0.05) is 25.6 Å². The maximum atomic E-state index is 13.1. The zero-order valence-corrected chi connectivity index (χ0v) is 15.4. The molecule has 8 heteroatoms. The van der Waals surface area contributed by atoms with E-state index in [9.17, 15) is 13.6 Å². The summed E-state index contributed by atoms with van der Waals surface area (Å²) in [5.74, 6) is -0.674. The first-order chi connectivity index (χ1) is 11.9. The highest BCUT2D eigenvalue weighted by Gasteiger charge is 2.13. The molecule has 0 bridgehead atoms. The van der Waals surface area contributed by atoms with Crippen LogP contribution in [0.3, 0.4) is 0 Å². The number of hydrogen-bond acceptors (Lipinski definition) is 4. The van der Waals surface area contributed by atoms with Crippen LogP contribution < -0.4 is 5.32 Å². The number of nitrogens with zero attached hydrogens (tertiary/aromatic N) is 3. The molecule has 0 fully saturated rings. The van der Waals surface area contributed by atoms with Crippen LogP contribution in [0.2, 0.25) is 0 Å². The minimum Gasteiger partial charge on any atom is -0.352 e. The van der Waals surface area contributed by atoms with Crippen LogP contribution in [-0.4, -0.2) is 33.5 Å². The number of halogens is 2. The number of thioether (sulfide) groups is 1. The quantitative estimate of drug-likeness (QED) is 0.574. The van der Waals surface area contributed by atoms with Gasteiger partial charge in [0.05, 0.1) is 0 Å². The summed E-state index contributed by atoms with van der Waals surface area (Å²) in [6.07, 6.45) is 3.29. The maximum absolute atomic E-state index is 13.1. The van der Waals surface area contributed by atoms with E-state index in [4.69, 9.17) is 0 Å². The number of amides is 1. The minimum absolute atomic E-state index is 0.0230. The fraction of sp³-hybridized carbons (Fsp3) is 0.471. The van der Waals surface area contributed by atoms with Crippen LogP contribution in [0.25, 0.3) is 0 Å². The molecule has 25 heavy (non-hydrogen) atoms. The molecule has 1 amide bonds. The molecule has 0 spiro atoms. The molecule has 0 radical (unpaired) electrons. The molecule has 0 unspecified atom stereocenters. The first kappa shape index (κ1) is 19.4. The van der Waals surface area contributed by atoms with E-state index in [1.54, 1.807) is 11.8 Å². The van der Waals surface area contributed by atoms with Crippen molar-refractivity contribution >= 4 is 17.7 Å². The van der Waals surface area contributed by atoms with Crippen LogP contribution in [0.4, 0.5) is 8.78 Å². The van der Waals surface area contributed by atoms with Gasteiger partial charge in [0.15, 0.2) is 5.16 Å². The third kappa shape index (κ3) is 5.52. The van der Waals surface area contributed by atoms with E-state index >= 15 is 0 Å². The number of carbonyl (C=O) groups is 1. The van der Waals surface area contributed by atoms with Crippen LogP contribution in [0.5, 0.6) is 0 Å². The lowest BCUT2D eigenvalue weighted by molar-refractivity contribution is 0.0952. The Morgan fingerprint density at radius 2 is 1.92 bits per heavy atom. The summed E-state index contributed by atoms with van der Waals surface area (Å²) in [5, 5.41) is 11.9. The van der Waals surface area contributed by atoms with Gasteiger partial charge in [0.25, 0.3) is 5.91 Å². The lowest BCUT2D eigenvalue weighted by Gasteiger charge is -2.11. The van der Waals surface area contributed by atoms with Crippen LogP contribution in [0.1, 0.15) is 36.5 Å². The van der Waals surface area contributed by atoms with Crippen LogP contribution in [-0.2, 0) is 13.0 Å². The van der Waals surface area contributed by atoms with Gasteiger partial charge in [-0.3, -0.25) is 4.79 Å². The maximum Gasteiger partial charge on any atom is 0.251 e. The van der Waals surface area contributed by atoms with Gasteiger partial charge >= 0.3 is 0 Å². The Labute approximate surface area is 150 Å². The molecule has 0 saturated carbocycles. The minimum atomic E-state index is -0.767. The van der Waals surface area contributed by atoms with E-state index < -0.39 is 17.5 Å². The Morgan fingerprint density at radius 3 is 2.52 bits per heavy atom. The monoisotopic (exact) mass is 368 g/mol. The number of nitrogens with one attached hydrogen (secondary N) is 1. The predicted molar refractivity (Wildman–Crippen MR) is 93.7 cm³/mol. The van der Waals surface area contributed by atoms with Gasteiger partial charge in [-0.25, -0.2) is 8.78 Å². The zero-order valence-electron chi connectivity index (χ0n) is 14.6. The summed E-state index contributed by atoms with van der Waals surface area (Å²) >= 11 is 1.55. The summed E-state index contributed by atoms with van der Waals surface area (Å²) in [6.45, 7) is 5.49. The van der Waals surface area contributed by atoms with Crippen LogP contribution in [0, 0.1) is 17.6 Å². The van der Waals surface area contributed by atoms with Gasteiger partial charge in [0.2, 0.25) is 0 Å². The van der Waals surface area contributed by atoms with E-state index in [0.717, 1.165) is 35.7 Å². The molecule has 0 saturated heterocycles. The van der Waals surface area contributed by atoms with E-state index in [2.05, 4.69) is 33.9 Å². The molecule has 1 N–H and O–H groups in total. The molecule has 0 aliphatic rings. The average molecular weight is 368 g/mol. The van der Waals surface area contributed by atoms with Gasteiger partial charge < -0.3 is 9.88 Å². The molecule has 136 valence electrons. The molecular formula is C17H22F2N4OS. The van der Waals surface area contributed by atoms with Crippen molar-refractivity contribution in [1.29, 1.82) is 0 Å². The Morgan fingerprint density at radius 1 is 1.24 bits per heavy atom. The highest BCUT2D eigenvalue weighted by Crippen LogP contribution is 2.16. The fourth-order valence-corrected chi connectivity index (χ4v) is 2.96. The lowest BCUT2D eigenvalue weighted by Crippen LogP contribution is -2.25. The van der Waals surface area contributed by atoms with Gasteiger partial charge in [0, 0.05) is 31.1 Å². The molecule has 2 aromatic rings. The summed E-state index contributed by atoms with van der Waals surface area (Å²) in [7, 11) is 0. The first-order valence-electron chi connectivity index (χ1n) is 8.11. The van der Waals surface area contributed by atoms with Crippen molar-refractivity contribution in [2.75, 3.05) is 12.8 Å². The third-order valence-corrected chi connectivity index (χ3v) is 4.18. The van der Waals surface area contributed by atoms with Crippen molar-refractivity contribution in [1.82, 2.24) is 20.1 Å². The first-order valence-corrected chi connectivity index (χ1v) is 9.33. The summed E-state index contributed by atoms with van der Waals surface area (Å²) < 4.78 is 28.4. The highest BCUT2D eigenvalue weighted by atomic mass is 32.2. The average Bonchev–Trinajstić information content (AvgIpc) is 2.91. The zero-order chi connectivity index (χ0) is 18.4. The Bertz CT molecular complexity index is 713. The second-order valence-electron chi connectivity index (χ2n) is 6.12. The number of hydrogen-bond donors (Lipinski definition) is 1. The highest BCUT2D eigenvalue weighted by molar-refractivity contribution is 7.98. The van der Waals surface area contributed by atoms with Crippen molar-refractivity contribution < 1.29 is 13.6 Å². The van der Waals surface area contributed by atoms with E-state index in [-0.39, 0.29) is 5.56 Å². The standard InChI is InChI=1S/C17H22F2N4OS/c1-11(2)10-23-15(21-22-17(23)25-3)5-4-6-20-16(24)12-7-13(18)9-14(19)8-12/h7-9,11H,4-6,10H2,1-3H3,(H,20,24). The smallest absolute Gasteiger partial charge is 0.251 e. The topological polar surface area (TPSA) is 59.8 Å². The lowest BCUT2D eigenvalue weighted by atomic mass is 10.2. The van der Waals surface area contributed by atoms with E-state index in [1.165, 1.54) is 0 Å². The number of aromatic nitrogens is 3. The van der Waals surface area contributed by atoms with E-state index in [0.29, 0.717) is 25.3 Å². The summed E-state index contributed by atoms with van der Waals surface area (Å²) in [6, 6.07) is 2.77. The van der Waals surface area contributed by atoms with Crippen molar-refractivity contribution in [3.05, 3.63) is 41.2 Å². The van der Waals surface area contributed by atoms with Gasteiger partial charge in [0.1, 0.15) is 17.5 Å². The van der Waals surface area contributed by atoms with E-state index in [1.807, 2.05) is 6.26 Å². The number of aryl methyl sites for hydroxylation is 1. The van der Waals surface area contributed by atoms with Crippen molar-refractivity contribution in [3.63, 3.8) is 0 Å². The second-order valence-corrected chi connectivity index (χ2v) is 6.90.